The zero-order valence-corrected chi connectivity index (χ0v) is 23.7. The zero-order chi connectivity index (χ0) is 28.5. The summed E-state index contributed by atoms with van der Waals surface area (Å²) in [4.78, 5) is 13.3. The summed E-state index contributed by atoms with van der Waals surface area (Å²) in [5.74, 6) is -2.02. The summed E-state index contributed by atoms with van der Waals surface area (Å²) in [6.45, 7) is 7.20. The molecule has 40 heavy (non-hydrogen) atoms. The predicted octanol–water partition coefficient (Wildman–Crippen LogP) is 7.51. The van der Waals surface area contributed by atoms with Gasteiger partial charge in [-0.25, -0.2) is 23.4 Å². The molecule has 0 atom stereocenters. The number of nitrogens with zero attached hydrogens (tertiary/aromatic N) is 6. The maximum Gasteiger partial charge on any atom is 0.221 e. The van der Waals surface area contributed by atoms with Crippen LogP contribution in [0, 0.1) is 11.6 Å². The molecule has 0 saturated heterocycles. The molecule has 0 aliphatic carbocycles. The van der Waals surface area contributed by atoms with Crippen LogP contribution < -0.4 is 5.73 Å². The highest BCUT2D eigenvalue weighted by molar-refractivity contribution is 5.67. The molecule has 2 N–H and O–H groups in total. The van der Waals surface area contributed by atoms with E-state index in [9.17, 15) is 8.78 Å². The third kappa shape index (κ3) is 7.67. The summed E-state index contributed by atoms with van der Waals surface area (Å²) in [7, 11) is 0. The van der Waals surface area contributed by atoms with Gasteiger partial charge in [-0.3, -0.25) is 4.98 Å². The molecular weight excluding hydrogens is 508 g/mol. The van der Waals surface area contributed by atoms with Crippen LogP contribution in [0.25, 0.3) is 22.6 Å². The fraction of sp³-hybridized carbons (Fsp3) is 0.452. The Kier molecular flexibility index (Phi) is 9.90. The average Bonchev–Trinajstić information content (AvgIpc) is 3.40. The number of halogens is 2. The largest absolute Gasteiger partial charge is 0.368 e. The number of aromatic nitrogens is 6. The Morgan fingerprint density at radius 1 is 0.825 bits per heavy atom. The van der Waals surface area contributed by atoms with Gasteiger partial charge in [0, 0.05) is 16.7 Å². The molecule has 0 bridgehead atoms. The van der Waals surface area contributed by atoms with Crippen LogP contribution >= 0.6 is 0 Å². The Balaban J connectivity index is 1.40. The van der Waals surface area contributed by atoms with Crippen LogP contribution in [0.15, 0.2) is 48.7 Å². The second-order valence-corrected chi connectivity index (χ2v) is 11.0. The quantitative estimate of drug-likeness (QED) is 0.164. The molecule has 0 amide bonds. The predicted molar refractivity (Wildman–Crippen MR) is 154 cm³/mol. The number of nitrogen functional groups attached to an aromatic ring is 1. The van der Waals surface area contributed by atoms with E-state index in [1.54, 1.807) is 10.9 Å². The molecule has 4 aromatic rings. The van der Waals surface area contributed by atoms with Crippen molar-refractivity contribution in [3.63, 3.8) is 0 Å². The molecule has 212 valence electrons. The van der Waals surface area contributed by atoms with Gasteiger partial charge in [-0.1, -0.05) is 89.5 Å². The lowest BCUT2D eigenvalue weighted by Gasteiger charge is -2.24. The minimum Gasteiger partial charge on any atom is -0.368 e. The lowest BCUT2D eigenvalue weighted by molar-refractivity contribution is 0.429. The van der Waals surface area contributed by atoms with Gasteiger partial charge in [-0.2, -0.15) is 0 Å². The molecule has 0 saturated carbocycles. The van der Waals surface area contributed by atoms with Crippen LogP contribution in [0.3, 0.4) is 0 Å². The maximum absolute atomic E-state index is 14.4. The first kappa shape index (κ1) is 29.2. The Bertz CT molecular complexity index is 1400. The van der Waals surface area contributed by atoms with E-state index >= 15 is 0 Å². The van der Waals surface area contributed by atoms with Crippen molar-refractivity contribution in [2.45, 2.75) is 90.5 Å². The molecule has 1 aromatic carbocycles. The van der Waals surface area contributed by atoms with Crippen molar-refractivity contribution >= 4 is 5.95 Å². The minimum absolute atomic E-state index is 0.00153. The molecule has 3 aromatic heterocycles. The molecular formula is C31H39F2N7. The smallest absolute Gasteiger partial charge is 0.221 e. The van der Waals surface area contributed by atoms with E-state index in [0.717, 1.165) is 23.9 Å². The highest BCUT2D eigenvalue weighted by Gasteiger charge is 2.22. The molecule has 0 aliphatic rings. The lowest BCUT2D eigenvalue weighted by Crippen LogP contribution is -2.20. The van der Waals surface area contributed by atoms with Crippen LogP contribution in [0.2, 0.25) is 0 Å². The normalized spacial score (nSPS) is 11.7. The van der Waals surface area contributed by atoms with Crippen LogP contribution in [0.4, 0.5) is 14.7 Å². The Morgan fingerprint density at radius 2 is 1.52 bits per heavy atom. The van der Waals surface area contributed by atoms with Crippen molar-refractivity contribution < 1.29 is 8.78 Å². The van der Waals surface area contributed by atoms with Crippen LogP contribution in [0.1, 0.15) is 89.9 Å². The second-order valence-electron chi connectivity index (χ2n) is 11.0. The van der Waals surface area contributed by atoms with Crippen LogP contribution in [-0.4, -0.2) is 29.9 Å². The van der Waals surface area contributed by atoms with Gasteiger partial charge in [0.2, 0.25) is 5.95 Å². The first-order valence-corrected chi connectivity index (χ1v) is 14.2. The molecule has 4 rings (SSSR count). The lowest BCUT2D eigenvalue weighted by atomic mass is 9.83. The van der Waals surface area contributed by atoms with E-state index in [4.69, 9.17) is 10.7 Å². The Morgan fingerprint density at radius 3 is 2.30 bits per heavy atom. The standard InChI is InChI=1S/C31H39F2N7/c1-4-5-6-7-8-9-10-11-18-31(2,3)28-17-12-14-22(35-28)20-40-21-27(38-39-40)26-19-25(36-30(34)37-26)23-15-13-16-24(32)29(23)33/h12-17,19,21H,4-11,18,20H2,1-3H3,(H2,34,36,37). The molecule has 0 fully saturated rings. The molecule has 0 radical (unpaired) electrons. The minimum atomic E-state index is -0.994. The fourth-order valence-corrected chi connectivity index (χ4v) is 4.87. The molecule has 0 unspecified atom stereocenters. The topological polar surface area (TPSA) is 95.4 Å². The summed E-state index contributed by atoms with van der Waals surface area (Å²) >= 11 is 0. The van der Waals surface area contributed by atoms with Crippen LogP contribution in [0.5, 0.6) is 0 Å². The summed E-state index contributed by atoms with van der Waals surface area (Å²) in [6, 6.07) is 11.5. The number of hydrogen-bond acceptors (Lipinski definition) is 6. The molecule has 7 nitrogen and oxygen atoms in total. The fourth-order valence-electron chi connectivity index (χ4n) is 4.87. The number of nitrogens with two attached hydrogens (primary N) is 1. The van der Waals surface area contributed by atoms with E-state index in [0.29, 0.717) is 17.9 Å². The van der Waals surface area contributed by atoms with Gasteiger partial charge in [0.1, 0.15) is 5.69 Å². The van der Waals surface area contributed by atoms with E-state index in [1.807, 2.05) is 12.1 Å². The number of pyridine rings is 1. The number of benzene rings is 1. The SMILES string of the molecule is CCCCCCCCCCC(C)(C)c1cccc(Cn2cc(-c3cc(-c4cccc(F)c4F)nc(N)n3)nn2)n1. The van der Waals surface area contributed by atoms with Gasteiger partial charge < -0.3 is 5.73 Å². The van der Waals surface area contributed by atoms with Crippen LogP contribution in [-0.2, 0) is 12.0 Å². The second kappa shape index (κ2) is 13.5. The maximum atomic E-state index is 14.4. The van der Waals surface area contributed by atoms with Crippen molar-refractivity contribution in [3.05, 3.63) is 71.7 Å². The highest BCUT2D eigenvalue weighted by atomic mass is 19.2. The van der Waals surface area contributed by atoms with E-state index in [2.05, 4.69) is 47.1 Å². The number of rotatable bonds is 14. The summed E-state index contributed by atoms with van der Waals surface area (Å²) in [6.07, 6.45) is 13.3. The van der Waals surface area contributed by atoms with Crippen molar-refractivity contribution in [1.29, 1.82) is 0 Å². The molecule has 0 aliphatic heterocycles. The third-order valence-corrected chi connectivity index (χ3v) is 7.25. The number of hydrogen-bond donors (Lipinski definition) is 1. The molecule has 0 spiro atoms. The zero-order valence-electron chi connectivity index (χ0n) is 23.7. The highest BCUT2D eigenvalue weighted by Crippen LogP contribution is 2.29. The van der Waals surface area contributed by atoms with Gasteiger partial charge in [0.15, 0.2) is 11.6 Å². The van der Waals surface area contributed by atoms with Crippen molar-refractivity contribution in [1.82, 2.24) is 29.9 Å². The van der Waals surface area contributed by atoms with Crippen molar-refractivity contribution in [3.8, 4) is 22.6 Å². The monoisotopic (exact) mass is 547 g/mol. The molecule has 3 heterocycles. The number of anilines is 1. The Hall–Kier alpha value is -3.75. The number of unbranched alkanes of at least 4 members (excludes halogenated alkanes) is 7. The van der Waals surface area contributed by atoms with E-state index in [1.165, 1.54) is 69.6 Å². The van der Waals surface area contributed by atoms with Gasteiger partial charge in [-0.05, 0) is 36.8 Å². The van der Waals surface area contributed by atoms with Gasteiger partial charge >= 0.3 is 0 Å². The van der Waals surface area contributed by atoms with E-state index < -0.39 is 11.6 Å². The first-order chi connectivity index (χ1) is 19.3. The van der Waals surface area contributed by atoms with Gasteiger partial charge in [-0.15, -0.1) is 5.10 Å². The summed E-state index contributed by atoms with van der Waals surface area (Å²) in [5.41, 5.74) is 8.78. The third-order valence-electron chi connectivity index (χ3n) is 7.25. The van der Waals surface area contributed by atoms with Crippen molar-refractivity contribution in [2.75, 3.05) is 5.73 Å². The van der Waals surface area contributed by atoms with Gasteiger partial charge in [0.05, 0.1) is 29.8 Å². The van der Waals surface area contributed by atoms with Crippen molar-refractivity contribution in [2.24, 2.45) is 0 Å². The Labute approximate surface area is 235 Å². The molecule has 9 heteroatoms. The first-order valence-electron chi connectivity index (χ1n) is 14.2. The average molecular weight is 548 g/mol. The van der Waals surface area contributed by atoms with E-state index in [-0.39, 0.29) is 22.6 Å². The summed E-state index contributed by atoms with van der Waals surface area (Å²) < 4.78 is 29.8. The van der Waals surface area contributed by atoms with Gasteiger partial charge in [0.25, 0.3) is 0 Å². The summed E-state index contributed by atoms with van der Waals surface area (Å²) in [5, 5.41) is 8.45.